The van der Waals surface area contributed by atoms with Crippen LogP contribution in [0.1, 0.15) is 5.56 Å². The number of hydrogen-bond acceptors (Lipinski definition) is 3. The molecular weight excluding hydrogens is 240 g/mol. The van der Waals surface area contributed by atoms with Crippen LogP contribution in [0.25, 0.3) is 0 Å². The average Bonchev–Trinajstić information content (AvgIpc) is 2.46. The molecule has 0 aromatic heterocycles. The summed E-state index contributed by atoms with van der Waals surface area (Å²) in [5, 5.41) is 3.06. The van der Waals surface area contributed by atoms with Crippen LogP contribution in [-0.4, -0.2) is 50.2 Å². The fourth-order valence-corrected chi connectivity index (χ4v) is 1.98. The molecule has 1 N–H and O–H groups in total. The maximum Gasteiger partial charge on any atom is 0.298 e. The Morgan fingerprint density at radius 2 is 2.26 bits per heavy atom. The molecule has 0 radical (unpaired) electrons. The third kappa shape index (κ3) is 4.09. The maximum absolute atomic E-state index is 12.0. The summed E-state index contributed by atoms with van der Waals surface area (Å²) >= 11 is 0. The highest BCUT2D eigenvalue weighted by Crippen LogP contribution is 2.04. The van der Waals surface area contributed by atoms with Crippen molar-refractivity contribution < 1.29 is 9.53 Å². The van der Waals surface area contributed by atoms with Gasteiger partial charge in [-0.1, -0.05) is 24.1 Å². The van der Waals surface area contributed by atoms with Gasteiger partial charge < -0.3 is 15.0 Å². The third-order valence-corrected chi connectivity index (χ3v) is 2.95. The summed E-state index contributed by atoms with van der Waals surface area (Å²) in [7, 11) is 1.87. The lowest BCUT2D eigenvalue weighted by Crippen LogP contribution is -2.48. The Kier molecular flexibility index (Phi) is 4.96. The highest BCUT2D eigenvalue weighted by atomic mass is 16.5. The van der Waals surface area contributed by atoms with E-state index in [2.05, 4.69) is 17.2 Å². The second-order valence-electron chi connectivity index (χ2n) is 4.42. The standard InChI is InChI=1S/C15H18N2O2/c1-16-11-14-12-17(9-10-19-14)15(18)8-7-13-5-3-2-4-6-13/h2-6,14,16H,9-12H2,1H3. The molecule has 2 rings (SSSR count). The molecule has 1 aromatic rings. The predicted octanol–water partition coefficient (Wildman–Crippen LogP) is 0.485. The highest BCUT2D eigenvalue weighted by Gasteiger charge is 2.22. The molecule has 1 aliphatic rings. The average molecular weight is 258 g/mol. The number of rotatable bonds is 2. The molecule has 100 valence electrons. The number of likely N-dealkylation sites (N-methyl/N-ethyl adjacent to an activating group) is 1. The van der Waals surface area contributed by atoms with E-state index in [1.165, 1.54) is 0 Å². The predicted molar refractivity (Wildman–Crippen MR) is 73.6 cm³/mol. The molecule has 1 fully saturated rings. The molecule has 1 amide bonds. The van der Waals surface area contributed by atoms with Gasteiger partial charge in [-0.15, -0.1) is 0 Å². The molecule has 1 unspecified atom stereocenters. The third-order valence-electron chi connectivity index (χ3n) is 2.95. The summed E-state index contributed by atoms with van der Waals surface area (Å²) in [6.45, 7) is 2.53. The lowest BCUT2D eigenvalue weighted by molar-refractivity contribution is -0.132. The van der Waals surface area contributed by atoms with Gasteiger partial charge in [0.05, 0.1) is 12.7 Å². The van der Waals surface area contributed by atoms with Crippen molar-refractivity contribution in [1.29, 1.82) is 0 Å². The molecule has 4 nitrogen and oxygen atoms in total. The van der Waals surface area contributed by atoms with E-state index in [0.29, 0.717) is 19.7 Å². The Bertz CT molecular complexity index is 474. The Balaban J connectivity index is 1.95. The molecule has 1 aliphatic heterocycles. The number of nitrogens with zero attached hydrogens (tertiary/aromatic N) is 1. The summed E-state index contributed by atoms with van der Waals surface area (Å²) in [5.41, 5.74) is 0.857. The summed E-state index contributed by atoms with van der Waals surface area (Å²) in [5.74, 6) is 5.45. The van der Waals surface area contributed by atoms with Gasteiger partial charge >= 0.3 is 0 Å². The number of ether oxygens (including phenoxy) is 1. The summed E-state index contributed by atoms with van der Waals surface area (Å²) in [6, 6.07) is 9.53. The molecule has 1 heterocycles. The molecule has 1 saturated heterocycles. The van der Waals surface area contributed by atoms with Crippen LogP contribution in [0, 0.1) is 11.8 Å². The zero-order valence-corrected chi connectivity index (χ0v) is 11.1. The van der Waals surface area contributed by atoms with Crippen molar-refractivity contribution in [3.63, 3.8) is 0 Å². The summed E-state index contributed by atoms with van der Waals surface area (Å²) < 4.78 is 5.56. The fraction of sp³-hybridized carbons (Fsp3) is 0.400. The van der Waals surface area contributed by atoms with Gasteiger partial charge in [0, 0.05) is 31.1 Å². The first-order valence-electron chi connectivity index (χ1n) is 6.42. The smallest absolute Gasteiger partial charge is 0.298 e. The Hall–Kier alpha value is -1.83. The summed E-state index contributed by atoms with van der Waals surface area (Å²) in [4.78, 5) is 13.7. The van der Waals surface area contributed by atoms with Crippen LogP contribution >= 0.6 is 0 Å². The quantitative estimate of drug-likeness (QED) is 0.785. The van der Waals surface area contributed by atoms with Crippen molar-refractivity contribution in [2.75, 3.05) is 33.3 Å². The molecule has 1 atom stereocenters. The zero-order valence-electron chi connectivity index (χ0n) is 11.1. The minimum absolute atomic E-state index is 0.0567. The van der Waals surface area contributed by atoms with Gasteiger partial charge in [0.2, 0.25) is 0 Å². The van der Waals surface area contributed by atoms with E-state index in [1.54, 1.807) is 4.90 Å². The molecular formula is C15H18N2O2. The van der Waals surface area contributed by atoms with E-state index < -0.39 is 0 Å². The monoisotopic (exact) mass is 258 g/mol. The van der Waals surface area contributed by atoms with E-state index in [-0.39, 0.29) is 12.0 Å². The van der Waals surface area contributed by atoms with Gasteiger partial charge in [-0.05, 0) is 19.2 Å². The minimum atomic E-state index is -0.131. The van der Waals surface area contributed by atoms with Crippen LogP contribution in [0.3, 0.4) is 0 Å². The van der Waals surface area contributed by atoms with E-state index in [4.69, 9.17) is 4.74 Å². The van der Waals surface area contributed by atoms with Crippen molar-refractivity contribution >= 4 is 5.91 Å². The lowest BCUT2D eigenvalue weighted by atomic mass is 10.2. The van der Waals surface area contributed by atoms with Gasteiger partial charge in [0.1, 0.15) is 0 Å². The number of nitrogens with one attached hydrogen (secondary N) is 1. The SMILES string of the molecule is CNCC1CN(C(=O)C#Cc2ccccc2)CCO1. The van der Waals surface area contributed by atoms with Crippen molar-refractivity contribution in [3.8, 4) is 11.8 Å². The first-order chi connectivity index (χ1) is 9.29. The number of carbonyl (C=O) groups is 1. The van der Waals surface area contributed by atoms with Gasteiger partial charge in [-0.2, -0.15) is 0 Å². The second kappa shape index (κ2) is 6.93. The van der Waals surface area contributed by atoms with Crippen LogP contribution < -0.4 is 5.32 Å². The van der Waals surface area contributed by atoms with Gasteiger partial charge in [0.15, 0.2) is 0 Å². The Labute approximate surface area is 113 Å². The van der Waals surface area contributed by atoms with Crippen molar-refractivity contribution in [1.82, 2.24) is 10.2 Å². The topological polar surface area (TPSA) is 41.6 Å². The lowest BCUT2D eigenvalue weighted by Gasteiger charge is -2.31. The highest BCUT2D eigenvalue weighted by molar-refractivity contribution is 5.94. The van der Waals surface area contributed by atoms with Gasteiger partial charge in [-0.3, -0.25) is 4.79 Å². The number of morpholine rings is 1. The molecule has 0 bridgehead atoms. The largest absolute Gasteiger partial charge is 0.373 e. The first-order valence-corrected chi connectivity index (χ1v) is 6.42. The molecule has 0 saturated carbocycles. The van der Waals surface area contributed by atoms with Crippen LogP contribution in [-0.2, 0) is 9.53 Å². The number of carbonyl (C=O) groups excluding carboxylic acids is 1. The zero-order chi connectivity index (χ0) is 13.5. The molecule has 0 spiro atoms. The number of amides is 1. The van der Waals surface area contributed by atoms with E-state index >= 15 is 0 Å². The number of benzene rings is 1. The van der Waals surface area contributed by atoms with Crippen molar-refractivity contribution in [2.24, 2.45) is 0 Å². The van der Waals surface area contributed by atoms with Crippen LogP contribution in [0.15, 0.2) is 30.3 Å². The normalized spacial score (nSPS) is 18.6. The molecule has 0 aliphatic carbocycles. The van der Waals surface area contributed by atoms with E-state index in [1.807, 2.05) is 37.4 Å². The van der Waals surface area contributed by atoms with E-state index in [9.17, 15) is 4.79 Å². The van der Waals surface area contributed by atoms with Crippen LogP contribution in [0.5, 0.6) is 0 Å². The molecule has 4 heteroatoms. The number of hydrogen-bond donors (Lipinski definition) is 1. The summed E-state index contributed by atoms with van der Waals surface area (Å²) in [6.07, 6.45) is 0.0567. The molecule has 19 heavy (non-hydrogen) atoms. The van der Waals surface area contributed by atoms with Crippen LogP contribution in [0.2, 0.25) is 0 Å². The van der Waals surface area contributed by atoms with Crippen LogP contribution in [0.4, 0.5) is 0 Å². The minimum Gasteiger partial charge on any atom is -0.373 e. The van der Waals surface area contributed by atoms with Gasteiger partial charge in [-0.25, -0.2) is 0 Å². The van der Waals surface area contributed by atoms with Gasteiger partial charge in [0.25, 0.3) is 5.91 Å². The Morgan fingerprint density at radius 3 is 3.00 bits per heavy atom. The Morgan fingerprint density at radius 1 is 1.47 bits per heavy atom. The maximum atomic E-state index is 12.0. The first kappa shape index (κ1) is 13.6. The molecule has 1 aromatic carbocycles. The van der Waals surface area contributed by atoms with E-state index in [0.717, 1.165) is 12.1 Å². The fourth-order valence-electron chi connectivity index (χ4n) is 1.98. The van der Waals surface area contributed by atoms with Crippen molar-refractivity contribution in [3.05, 3.63) is 35.9 Å². The van der Waals surface area contributed by atoms with Crippen molar-refractivity contribution in [2.45, 2.75) is 6.10 Å². The second-order valence-corrected chi connectivity index (χ2v) is 4.42.